The Morgan fingerprint density at radius 3 is 2.89 bits per heavy atom. The molecule has 0 radical (unpaired) electrons. The van der Waals surface area contributed by atoms with Crippen molar-refractivity contribution in [2.75, 3.05) is 36.5 Å². The van der Waals surface area contributed by atoms with Crippen LogP contribution in [-0.2, 0) is 4.74 Å². The van der Waals surface area contributed by atoms with Gasteiger partial charge in [0.05, 0.1) is 6.10 Å². The quantitative estimate of drug-likeness (QED) is 0.899. The van der Waals surface area contributed by atoms with Crippen LogP contribution in [0.15, 0.2) is 6.07 Å². The lowest BCUT2D eigenvalue weighted by Crippen LogP contribution is -2.22. The van der Waals surface area contributed by atoms with Crippen LogP contribution in [0.4, 0.5) is 11.6 Å². The molecule has 0 aliphatic carbocycles. The summed E-state index contributed by atoms with van der Waals surface area (Å²) in [6, 6.07) is 2.06. The smallest absolute Gasteiger partial charge is 0.134 e. The van der Waals surface area contributed by atoms with E-state index in [4.69, 9.17) is 4.74 Å². The lowest BCUT2D eigenvalue weighted by atomic mass is 10.2. The van der Waals surface area contributed by atoms with Crippen LogP contribution in [0.1, 0.15) is 31.5 Å². The SMILES string of the molecule is Cc1nc(NCC2CCCO2)cc(N2CCCC2)n1. The van der Waals surface area contributed by atoms with Gasteiger partial charge >= 0.3 is 0 Å². The Kier molecular flexibility index (Phi) is 3.82. The molecule has 2 saturated heterocycles. The Labute approximate surface area is 114 Å². The predicted molar refractivity (Wildman–Crippen MR) is 75.7 cm³/mol. The maximum absolute atomic E-state index is 5.62. The van der Waals surface area contributed by atoms with Crippen LogP contribution >= 0.6 is 0 Å². The van der Waals surface area contributed by atoms with E-state index in [0.29, 0.717) is 6.10 Å². The summed E-state index contributed by atoms with van der Waals surface area (Å²) in [6.45, 7) is 5.92. The molecule has 1 aromatic heterocycles. The van der Waals surface area contributed by atoms with E-state index in [1.54, 1.807) is 0 Å². The van der Waals surface area contributed by atoms with Gasteiger partial charge in [-0.2, -0.15) is 0 Å². The number of rotatable bonds is 4. The molecule has 1 aromatic rings. The third kappa shape index (κ3) is 3.15. The molecule has 5 nitrogen and oxygen atoms in total. The van der Waals surface area contributed by atoms with E-state index in [9.17, 15) is 0 Å². The fourth-order valence-electron chi connectivity index (χ4n) is 2.77. The summed E-state index contributed by atoms with van der Waals surface area (Å²) in [5.74, 6) is 2.81. The van der Waals surface area contributed by atoms with E-state index >= 15 is 0 Å². The van der Waals surface area contributed by atoms with Crippen molar-refractivity contribution in [2.45, 2.75) is 38.7 Å². The lowest BCUT2D eigenvalue weighted by molar-refractivity contribution is 0.120. The molecular formula is C14H22N4O. The average Bonchev–Trinajstić information content (AvgIpc) is 3.09. The van der Waals surface area contributed by atoms with Gasteiger partial charge < -0.3 is 15.0 Å². The number of anilines is 2. The van der Waals surface area contributed by atoms with Crippen molar-refractivity contribution in [2.24, 2.45) is 0 Å². The minimum atomic E-state index is 0.338. The van der Waals surface area contributed by atoms with Gasteiger partial charge in [-0.1, -0.05) is 0 Å². The molecule has 0 bridgehead atoms. The molecule has 3 heterocycles. The highest BCUT2D eigenvalue weighted by molar-refractivity contribution is 5.50. The number of hydrogen-bond acceptors (Lipinski definition) is 5. The van der Waals surface area contributed by atoms with Crippen LogP contribution in [-0.4, -0.2) is 42.3 Å². The molecule has 2 aliphatic rings. The summed E-state index contributed by atoms with van der Waals surface area (Å²) >= 11 is 0. The van der Waals surface area contributed by atoms with Gasteiger partial charge in [-0.3, -0.25) is 0 Å². The number of hydrogen-bond donors (Lipinski definition) is 1. The van der Waals surface area contributed by atoms with Gasteiger partial charge in [0.25, 0.3) is 0 Å². The standard InChI is InChI=1S/C14H22N4O/c1-11-16-13(15-10-12-5-4-8-19-12)9-14(17-11)18-6-2-3-7-18/h9,12H,2-8,10H2,1H3,(H,15,16,17). The van der Waals surface area contributed by atoms with Crippen molar-refractivity contribution < 1.29 is 4.74 Å². The molecule has 0 aromatic carbocycles. The minimum absolute atomic E-state index is 0.338. The summed E-state index contributed by atoms with van der Waals surface area (Å²) in [6.07, 6.45) is 5.19. The Morgan fingerprint density at radius 2 is 2.16 bits per heavy atom. The monoisotopic (exact) mass is 262 g/mol. The number of nitrogens with zero attached hydrogens (tertiary/aromatic N) is 3. The van der Waals surface area contributed by atoms with Gasteiger partial charge in [-0.15, -0.1) is 0 Å². The zero-order chi connectivity index (χ0) is 13.1. The Morgan fingerprint density at radius 1 is 1.32 bits per heavy atom. The molecule has 2 fully saturated rings. The molecule has 0 saturated carbocycles. The number of nitrogens with one attached hydrogen (secondary N) is 1. The van der Waals surface area contributed by atoms with Crippen LogP contribution < -0.4 is 10.2 Å². The van der Waals surface area contributed by atoms with Crippen molar-refractivity contribution in [1.82, 2.24) is 9.97 Å². The first kappa shape index (κ1) is 12.7. The molecular weight excluding hydrogens is 240 g/mol. The topological polar surface area (TPSA) is 50.3 Å². The van der Waals surface area contributed by atoms with Crippen molar-refractivity contribution in [1.29, 1.82) is 0 Å². The van der Waals surface area contributed by atoms with E-state index in [0.717, 1.165) is 50.1 Å². The number of ether oxygens (including phenoxy) is 1. The van der Waals surface area contributed by atoms with E-state index in [-0.39, 0.29) is 0 Å². The van der Waals surface area contributed by atoms with Crippen LogP contribution in [0.25, 0.3) is 0 Å². The predicted octanol–water partition coefficient (Wildman–Crippen LogP) is 1.98. The number of aryl methyl sites for hydroxylation is 1. The van der Waals surface area contributed by atoms with Crippen molar-refractivity contribution in [3.63, 3.8) is 0 Å². The maximum Gasteiger partial charge on any atom is 0.134 e. The van der Waals surface area contributed by atoms with E-state index in [1.165, 1.54) is 19.3 Å². The van der Waals surface area contributed by atoms with Crippen molar-refractivity contribution in [3.8, 4) is 0 Å². The minimum Gasteiger partial charge on any atom is -0.376 e. The average molecular weight is 262 g/mol. The van der Waals surface area contributed by atoms with Crippen LogP contribution in [0.3, 0.4) is 0 Å². The van der Waals surface area contributed by atoms with Crippen molar-refractivity contribution in [3.05, 3.63) is 11.9 Å². The van der Waals surface area contributed by atoms with Crippen molar-refractivity contribution >= 4 is 11.6 Å². The molecule has 5 heteroatoms. The number of aromatic nitrogens is 2. The molecule has 104 valence electrons. The molecule has 1 N–H and O–H groups in total. The van der Waals surface area contributed by atoms with Gasteiger partial charge in [0.1, 0.15) is 17.5 Å². The van der Waals surface area contributed by atoms with E-state index in [2.05, 4.69) is 26.3 Å². The lowest BCUT2D eigenvalue weighted by Gasteiger charge is -2.18. The van der Waals surface area contributed by atoms with Crippen LogP contribution in [0, 0.1) is 6.92 Å². The summed E-state index contributed by atoms with van der Waals surface area (Å²) in [5, 5.41) is 3.39. The van der Waals surface area contributed by atoms with Crippen LogP contribution in [0.5, 0.6) is 0 Å². The Balaban J connectivity index is 1.66. The summed E-state index contributed by atoms with van der Waals surface area (Å²) in [7, 11) is 0. The summed E-state index contributed by atoms with van der Waals surface area (Å²) in [4.78, 5) is 11.3. The highest BCUT2D eigenvalue weighted by Crippen LogP contribution is 2.21. The second kappa shape index (κ2) is 5.74. The molecule has 0 spiro atoms. The summed E-state index contributed by atoms with van der Waals surface area (Å²) in [5.41, 5.74) is 0. The molecule has 0 amide bonds. The first-order valence-corrected chi connectivity index (χ1v) is 7.27. The highest BCUT2D eigenvalue weighted by Gasteiger charge is 2.17. The zero-order valence-electron chi connectivity index (χ0n) is 11.6. The van der Waals surface area contributed by atoms with Gasteiger partial charge in [0.2, 0.25) is 0 Å². The molecule has 2 aliphatic heterocycles. The van der Waals surface area contributed by atoms with Gasteiger partial charge in [0, 0.05) is 32.3 Å². The fraction of sp³-hybridized carbons (Fsp3) is 0.714. The molecule has 1 atom stereocenters. The maximum atomic E-state index is 5.62. The highest BCUT2D eigenvalue weighted by atomic mass is 16.5. The Bertz CT molecular complexity index is 425. The third-order valence-electron chi connectivity index (χ3n) is 3.79. The van der Waals surface area contributed by atoms with Gasteiger partial charge in [0.15, 0.2) is 0 Å². The largest absolute Gasteiger partial charge is 0.376 e. The third-order valence-corrected chi connectivity index (χ3v) is 3.79. The second-order valence-electron chi connectivity index (χ2n) is 5.37. The molecule has 3 rings (SSSR count). The molecule has 19 heavy (non-hydrogen) atoms. The first-order chi connectivity index (χ1) is 9.31. The van der Waals surface area contributed by atoms with E-state index < -0.39 is 0 Å². The van der Waals surface area contributed by atoms with E-state index in [1.807, 2.05) is 6.92 Å². The normalized spacial score (nSPS) is 23.0. The Hall–Kier alpha value is -1.36. The second-order valence-corrected chi connectivity index (χ2v) is 5.37. The van der Waals surface area contributed by atoms with Gasteiger partial charge in [-0.05, 0) is 32.6 Å². The molecule has 1 unspecified atom stereocenters. The first-order valence-electron chi connectivity index (χ1n) is 7.27. The van der Waals surface area contributed by atoms with Crippen LogP contribution in [0.2, 0.25) is 0 Å². The summed E-state index contributed by atoms with van der Waals surface area (Å²) < 4.78 is 5.62. The van der Waals surface area contributed by atoms with Gasteiger partial charge in [-0.25, -0.2) is 9.97 Å². The zero-order valence-corrected chi connectivity index (χ0v) is 11.6. The fourth-order valence-corrected chi connectivity index (χ4v) is 2.77.